The Morgan fingerprint density at radius 2 is 1.82 bits per heavy atom. The van der Waals surface area contributed by atoms with Crippen LogP contribution in [0.15, 0.2) is 30.4 Å². The summed E-state index contributed by atoms with van der Waals surface area (Å²) in [5.74, 6) is -2.52. The van der Waals surface area contributed by atoms with E-state index in [2.05, 4.69) is 0 Å². The number of imide groups is 1. The first-order valence-corrected chi connectivity index (χ1v) is 7.23. The van der Waals surface area contributed by atoms with Crippen LogP contribution in [0.5, 0.6) is 0 Å². The van der Waals surface area contributed by atoms with E-state index in [-0.39, 0.29) is 29.4 Å². The molecule has 0 aromatic heterocycles. The summed E-state index contributed by atoms with van der Waals surface area (Å²) in [6.45, 7) is -0.286. The van der Waals surface area contributed by atoms with Gasteiger partial charge < -0.3 is 4.74 Å². The topological polar surface area (TPSA) is 55.8 Å². The first-order valence-electron chi connectivity index (χ1n) is 6.85. The highest BCUT2D eigenvalue weighted by Crippen LogP contribution is 2.45. The fraction of sp³-hybridized carbons (Fsp3) is 0.333. The molecule has 0 spiro atoms. The quantitative estimate of drug-likeness (QED) is 0.629. The maximum Gasteiger partial charge on any atom is 0.260 e. The summed E-state index contributed by atoms with van der Waals surface area (Å²) in [6.07, 6.45) is 2.82. The van der Waals surface area contributed by atoms with Crippen LogP contribution in [0.2, 0.25) is 5.02 Å². The van der Waals surface area contributed by atoms with Gasteiger partial charge in [-0.3, -0.25) is 14.4 Å². The number of halogens is 2. The average molecular weight is 324 g/mol. The third-order valence-electron chi connectivity index (χ3n) is 4.27. The van der Waals surface area contributed by atoms with Gasteiger partial charge in [0.25, 0.3) is 11.8 Å². The van der Waals surface area contributed by atoms with E-state index in [0.717, 1.165) is 5.06 Å². The molecule has 1 aromatic carbocycles. The standard InChI is InChI=1S/C15H11ClFNO4/c16-8-2-1-3-9(17)7(8)6-21-18-14(19)12-10-4-5-11(22-10)13(12)15(18)20/h1-5,10-13H,6H2/t10-,11-,12-,13+/m1/s1. The summed E-state index contributed by atoms with van der Waals surface area (Å²) < 4.78 is 19.2. The molecule has 0 N–H and O–H groups in total. The van der Waals surface area contributed by atoms with Crippen molar-refractivity contribution in [3.63, 3.8) is 0 Å². The first kappa shape index (κ1) is 13.9. The number of carbonyl (C=O) groups is 2. The van der Waals surface area contributed by atoms with E-state index in [9.17, 15) is 14.0 Å². The molecule has 2 saturated heterocycles. The molecule has 2 fully saturated rings. The van der Waals surface area contributed by atoms with Crippen LogP contribution in [0.3, 0.4) is 0 Å². The highest BCUT2D eigenvalue weighted by atomic mass is 35.5. The number of hydroxylamine groups is 2. The highest BCUT2D eigenvalue weighted by molar-refractivity contribution is 6.31. The Labute approximate surface area is 130 Å². The fourth-order valence-electron chi connectivity index (χ4n) is 3.20. The van der Waals surface area contributed by atoms with Crippen molar-refractivity contribution in [2.45, 2.75) is 18.8 Å². The van der Waals surface area contributed by atoms with Crippen molar-refractivity contribution < 1.29 is 23.6 Å². The van der Waals surface area contributed by atoms with E-state index in [0.29, 0.717) is 0 Å². The normalized spacial score (nSPS) is 32.2. The van der Waals surface area contributed by atoms with Crippen LogP contribution in [0.1, 0.15) is 5.56 Å². The summed E-state index contributed by atoms with van der Waals surface area (Å²) in [6, 6.07) is 4.23. The summed E-state index contributed by atoms with van der Waals surface area (Å²) in [7, 11) is 0. The van der Waals surface area contributed by atoms with Gasteiger partial charge in [0.05, 0.1) is 24.0 Å². The monoisotopic (exact) mass is 323 g/mol. The van der Waals surface area contributed by atoms with E-state index in [4.69, 9.17) is 21.2 Å². The van der Waals surface area contributed by atoms with Gasteiger partial charge in [0, 0.05) is 10.6 Å². The van der Waals surface area contributed by atoms with Crippen LogP contribution in [0.4, 0.5) is 4.39 Å². The molecular weight excluding hydrogens is 313 g/mol. The SMILES string of the molecule is O=C1[C@@H]2[C@H](C(=O)N1OCc1c(F)cccc1Cl)[C@H]1C=C[C@H]2O1. The molecule has 4 atom stereocenters. The molecule has 3 aliphatic heterocycles. The Bertz CT molecular complexity index is 657. The van der Waals surface area contributed by atoms with Crippen LogP contribution in [-0.4, -0.2) is 29.1 Å². The van der Waals surface area contributed by atoms with Gasteiger partial charge in [0.15, 0.2) is 0 Å². The number of fused-ring (bicyclic) bond motifs is 5. The molecule has 5 nitrogen and oxygen atoms in total. The highest BCUT2D eigenvalue weighted by Gasteiger charge is 2.61. The Balaban J connectivity index is 1.53. The number of benzene rings is 1. The Hall–Kier alpha value is -1.76. The number of carbonyl (C=O) groups excluding carboxylic acids is 2. The van der Waals surface area contributed by atoms with Crippen LogP contribution < -0.4 is 0 Å². The second-order valence-electron chi connectivity index (χ2n) is 5.45. The molecule has 0 saturated carbocycles. The van der Waals surface area contributed by atoms with Crippen LogP contribution in [0.25, 0.3) is 0 Å². The number of rotatable bonds is 3. The van der Waals surface area contributed by atoms with E-state index >= 15 is 0 Å². The van der Waals surface area contributed by atoms with Crippen molar-refractivity contribution >= 4 is 23.4 Å². The van der Waals surface area contributed by atoms with Crippen molar-refractivity contribution in [1.82, 2.24) is 5.06 Å². The molecule has 4 rings (SSSR count). The zero-order chi connectivity index (χ0) is 15.4. The minimum Gasteiger partial charge on any atom is -0.365 e. The van der Waals surface area contributed by atoms with E-state index in [1.165, 1.54) is 18.2 Å². The van der Waals surface area contributed by atoms with Gasteiger partial charge in [-0.1, -0.05) is 29.8 Å². The third kappa shape index (κ3) is 1.84. The zero-order valence-electron chi connectivity index (χ0n) is 11.2. The summed E-state index contributed by atoms with van der Waals surface area (Å²) in [4.78, 5) is 29.9. The first-order chi connectivity index (χ1) is 10.6. The maximum atomic E-state index is 13.7. The molecule has 22 heavy (non-hydrogen) atoms. The molecule has 7 heteroatoms. The fourth-order valence-corrected chi connectivity index (χ4v) is 3.42. The Kier molecular flexibility index (Phi) is 3.07. The summed E-state index contributed by atoms with van der Waals surface area (Å²) >= 11 is 5.90. The second-order valence-corrected chi connectivity index (χ2v) is 5.85. The van der Waals surface area contributed by atoms with Crippen molar-refractivity contribution in [2.24, 2.45) is 11.8 Å². The van der Waals surface area contributed by atoms with E-state index in [1.807, 2.05) is 0 Å². The number of hydrogen-bond donors (Lipinski definition) is 0. The van der Waals surface area contributed by atoms with Gasteiger partial charge in [0.1, 0.15) is 12.4 Å². The van der Waals surface area contributed by atoms with Crippen LogP contribution >= 0.6 is 11.6 Å². The summed E-state index contributed by atoms with van der Waals surface area (Å²) in [5, 5.41) is 0.914. The molecule has 114 valence electrons. The van der Waals surface area contributed by atoms with Gasteiger partial charge in [0.2, 0.25) is 0 Å². The molecule has 0 aliphatic carbocycles. The largest absolute Gasteiger partial charge is 0.365 e. The predicted octanol–water partition coefficient (Wildman–Crippen LogP) is 1.85. The van der Waals surface area contributed by atoms with Crippen molar-refractivity contribution in [3.05, 3.63) is 46.8 Å². The molecular formula is C15H11ClFNO4. The van der Waals surface area contributed by atoms with E-state index in [1.54, 1.807) is 12.2 Å². The van der Waals surface area contributed by atoms with Gasteiger partial charge in [-0.25, -0.2) is 4.39 Å². The molecule has 0 unspecified atom stereocenters. The third-order valence-corrected chi connectivity index (χ3v) is 4.62. The Morgan fingerprint density at radius 3 is 2.41 bits per heavy atom. The lowest BCUT2D eigenvalue weighted by atomic mass is 9.85. The molecule has 2 amide bonds. The number of hydrogen-bond acceptors (Lipinski definition) is 4. The molecule has 2 bridgehead atoms. The number of amides is 2. The molecule has 3 heterocycles. The average Bonchev–Trinajstić information content (AvgIpc) is 3.15. The van der Waals surface area contributed by atoms with Crippen LogP contribution in [0, 0.1) is 17.7 Å². The van der Waals surface area contributed by atoms with E-state index < -0.39 is 29.5 Å². The van der Waals surface area contributed by atoms with Crippen molar-refractivity contribution in [2.75, 3.05) is 0 Å². The lowest BCUT2D eigenvalue weighted by molar-refractivity contribution is -0.195. The van der Waals surface area contributed by atoms with Crippen molar-refractivity contribution in [3.8, 4) is 0 Å². The number of nitrogens with zero attached hydrogens (tertiary/aromatic N) is 1. The van der Waals surface area contributed by atoms with Gasteiger partial charge >= 0.3 is 0 Å². The Morgan fingerprint density at radius 1 is 1.18 bits per heavy atom. The molecule has 0 radical (unpaired) electrons. The zero-order valence-corrected chi connectivity index (χ0v) is 12.0. The number of ether oxygens (including phenoxy) is 1. The predicted molar refractivity (Wildman–Crippen MR) is 72.8 cm³/mol. The molecule has 3 aliphatic rings. The maximum absolute atomic E-state index is 13.7. The minimum atomic E-state index is -0.545. The van der Waals surface area contributed by atoms with Crippen molar-refractivity contribution in [1.29, 1.82) is 0 Å². The minimum absolute atomic E-state index is 0.110. The lowest BCUT2D eigenvalue weighted by Crippen LogP contribution is -2.34. The van der Waals surface area contributed by atoms with Gasteiger partial charge in [-0.2, -0.15) is 5.06 Å². The van der Waals surface area contributed by atoms with Gasteiger partial charge in [-0.15, -0.1) is 0 Å². The molecule has 1 aromatic rings. The summed E-state index contributed by atoms with van der Waals surface area (Å²) in [5.41, 5.74) is 0.110. The smallest absolute Gasteiger partial charge is 0.260 e. The van der Waals surface area contributed by atoms with Crippen LogP contribution in [-0.2, 0) is 25.8 Å². The lowest BCUT2D eigenvalue weighted by Gasteiger charge is -2.17. The van der Waals surface area contributed by atoms with Gasteiger partial charge in [-0.05, 0) is 12.1 Å². The second kappa shape index (κ2) is 4.87.